The average Bonchev–Trinajstić information content (AvgIpc) is 3.01. The maximum absolute atomic E-state index is 13.1. The molecule has 2 aromatic carbocycles. The number of alkyl halides is 3. The summed E-state index contributed by atoms with van der Waals surface area (Å²) in [7, 11) is 0. The molecule has 1 saturated heterocycles. The smallest absolute Gasteiger partial charge is 0.321 e. The number of piperidine rings is 1. The van der Waals surface area contributed by atoms with E-state index in [0.717, 1.165) is 55.0 Å². The third-order valence-electron chi connectivity index (χ3n) is 4.72. The highest BCUT2D eigenvalue weighted by Crippen LogP contribution is 2.35. The second kappa shape index (κ2) is 6.19. The zero-order valence-corrected chi connectivity index (χ0v) is 13.6. The second-order valence-corrected chi connectivity index (χ2v) is 6.35. The average molecular weight is 345 g/mol. The van der Waals surface area contributed by atoms with E-state index in [2.05, 4.69) is 14.9 Å². The zero-order chi connectivity index (χ0) is 17.4. The van der Waals surface area contributed by atoms with Crippen LogP contribution in [0.2, 0.25) is 0 Å². The molecule has 0 saturated carbocycles. The number of hydrogen-bond acceptors (Lipinski definition) is 2. The molecule has 1 aromatic heterocycles. The quantitative estimate of drug-likeness (QED) is 0.733. The molecule has 3 nitrogen and oxygen atoms in total. The summed E-state index contributed by atoms with van der Waals surface area (Å²) in [6.07, 6.45) is -2.49. The number of aromatic nitrogens is 2. The molecule has 130 valence electrons. The van der Waals surface area contributed by atoms with E-state index in [1.54, 1.807) is 6.07 Å². The van der Waals surface area contributed by atoms with Crippen molar-refractivity contribution in [3.63, 3.8) is 0 Å². The van der Waals surface area contributed by atoms with E-state index in [1.165, 1.54) is 0 Å². The van der Waals surface area contributed by atoms with Crippen molar-refractivity contribution in [2.75, 3.05) is 13.1 Å². The van der Waals surface area contributed by atoms with Crippen LogP contribution in [0.3, 0.4) is 0 Å². The molecule has 1 N–H and O–H groups in total. The molecule has 6 heteroatoms. The minimum atomic E-state index is -4.36. The first kappa shape index (κ1) is 16.1. The van der Waals surface area contributed by atoms with Crippen LogP contribution < -0.4 is 5.32 Å². The maximum atomic E-state index is 13.1. The van der Waals surface area contributed by atoms with Crippen molar-refractivity contribution < 1.29 is 13.2 Å². The predicted molar refractivity (Wildman–Crippen MR) is 91.3 cm³/mol. The third kappa shape index (κ3) is 3.02. The van der Waals surface area contributed by atoms with Gasteiger partial charge in [0.2, 0.25) is 0 Å². The van der Waals surface area contributed by atoms with Gasteiger partial charge in [-0.1, -0.05) is 30.3 Å². The van der Waals surface area contributed by atoms with Crippen LogP contribution in [-0.2, 0) is 6.18 Å². The van der Waals surface area contributed by atoms with Crippen LogP contribution in [0.5, 0.6) is 0 Å². The van der Waals surface area contributed by atoms with Crippen molar-refractivity contribution in [2.24, 2.45) is 0 Å². The van der Waals surface area contributed by atoms with E-state index in [0.29, 0.717) is 5.52 Å². The molecule has 1 aliphatic heterocycles. The Morgan fingerprint density at radius 3 is 2.40 bits per heavy atom. The predicted octanol–water partition coefficient (Wildman–Crippen LogP) is 4.65. The van der Waals surface area contributed by atoms with Gasteiger partial charge in [0, 0.05) is 11.6 Å². The first-order valence-electron chi connectivity index (χ1n) is 8.39. The van der Waals surface area contributed by atoms with Crippen molar-refractivity contribution in [3.05, 3.63) is 54.1 Å². The lowest BCUT2D eigenvalue weighted by molar-refractivity contribution is -0.137. The van der Waals surface area contributed by atoms with E-state index in [4.69, 9.17) is 0 Å². The van der Waals surface area contributed by atoms with Crippen LogP contribution in [0, 0.1) is 0 Å². The lowest BCUT2D eigenvalue weighted by Crippen LogP contribution is -2.29. The van der Waals surface area contributed by atoms with Crippen molar-refractivity contribution >= 4 is 11.0 Å². The number of fused-ring (bicyclic) bond motifs is 1. The van der Waals surface area contributed by atoms with E-state index in [1.807, 2.05) is 30.3 Å². The minimum Gasteiger partial charge on any atom is -0.321 e. The molecular weight excluding hydrogens is 327 g/mol. The third-order valence-corrected chi connectivity index (χ3v) is 4.72. The number of nitrogens with one attached hydrogen (secondary N) is 1. The summed E-state index contributed by atoms with van der Waals surface area (Å²) < 4.78 is 41.3. The van der Waals surface area contributed by atoms with E-state index in [9.17, 15) is 13.2 Å². The SMILES string of the molecule is FC(F)(F)c1ccc2c(c1)nc(-c1ccccc1)n2C1CCNCC1. The van der Waals surface area contributed by atoms with Gasteiger partial charge in [0.1, 0.15) is 5.82 Å². The minimum absolute atomic E-state index is 0.234. The molecule has 0 amide bonds. The van der Waals surface area contributed by atoms with Gasteiger partial charge in [0.15, 0.2) is 0 Å². The van der Waals surface area contributed by atoms with E-state index in [-0.39, 0.29) is 6.04 Å². The standard InChI is InChI=1S/C19H18F3N3/c20-19(21,22)14-6-7-17-16(12-14)24-18(13-4-2-1-3-5-13)25(17)15-8-10-23-11-9-15/h1-7,12,15,23H,8-11H2. The summed E-state index contributed by atoms with van der Waals surface area (Å²) in [5.74, 6) is 0.738. The highest BCUT2D eigenvalue weighted by atomic mass is 19.4. The molecule has 0 radical (unpaired) electrons. The van der Waals surface area contributed by atoms with Crippen molar-refractivity contribution in [1.29, 1.82) is 0 Å². The van der Waals surface area contributed by atoms with Gasteiger partial charge in [-0.25, -0.2) is 4.98 Å². The first-order chi connectivity index (χ1) is 12.0. The number of nitrogens with zero attached hydrogens (tertiary/aromatic N) is 2. The number of imidazole rings is 1. The van der Waals surface area contributed by atoms with E-state index >= 15 is 0 Å². The summed E-state index contributed by atoms with van der Waals surface area (Å²) in [5, 5.41) is 3.33. The Morgan fingerprint density at radius 1 is 1.00 bits per heavy atom. The number of hydrogen-bond donors (Lipinski definition) is 1. The van der Waals surface area contributed by atoms with Gasteiger partial charge >= 0.3 is 6.18 Å². The topological polar surface area (TPSA) is 29.9 Å². The molecular formula is C19H18F3N3. The Balaban J connectivity index is 1.92. The highest BCUT2D eigenvalue weighted by molar-refractivity contribution is 5.81. The number of halogens is 3. The molecule has 0 spiro atoms. The molecule has 25 heavy (non-hydrogen) atoms. The zero-order valence-electron chi connectivity index (χ0n) is 13.6. The molecule has 1 fully saturated rings. The monoisotopic (exact) mass is 345 g/mol. The first-order valence-corrected chi connectivity index (χ1v) is 8.39. The van der Waals surface area contributed by atoms with Gasteiger partial charge in [0.05, 0.1) is 16.6 Å². The molecule has 1 aliphatic rings. The maximum Gasteiger partial charge on any atom is 0.416 e. The second-order valence-electron chi connectivity index (χ2n) is 6.35. The largest absolute Gasteiger partial charge is 0.416 e. The summed E-state index contributed by atoms with van der Waals surface area (Å²) >= 11 is 0. The van der Waals surface area contributed by atoms with Gasteiger partial charge < -0.3 is 9.88 Å². The van der Waals surface area contributed by atoms with Crippen LogP contribution >= 0.6 is 0 Å². The summed E-state index contributed by atoms with van der Waals surface area (Å²) in [6, 6.07) is 13.7. The lowest BCUT2D eigenvalue weighted by Gasteiger charge is -2.26. The Bertz CT molecular complexity index is 878. The van der Waals surface area contributed by atoms with Crippen molar-refractivity contribution in [1.82, 2.24) is 14.9 Å². The molecule has 2 heterocycles. The van der Waals surface area contributed by atoms with Crippen molar-refractivity contribution in [2.45, 2.75) is 25.1 Å². The molecule has 0 unspecified atom stereocenters. The fourth-order valence-corrected chi connectivity index (χ4v) is 3.50. The van der Waals surface area contributed by atoms with Crippen LogP contribution in [-0.4, -0.2) is 22.6 Å². The lowest BCUT2D eigenvalue weighted by atomic mass is 10.1. The van der Waals surface area contributed by atoms with Crippen LogP contribution in [0.4, 0.5) is 13.2 Å². The fourth-order valence-electron chi connectivity index (χ4n) is 3.50. The Hall–Kier alpha value is -2.34. The van der Waals surface area contributed by atoms with Gasteiger partial charge in [0.25, 0.3) is 0 Å². The van der Waals surface area contributed by atoms with Gasteiger partial charge in [-0.05, 0) is 44.1 Å². The Morgan fingerprint density at radius 2 is 1.72 bits per heavy atom. The molecule has 0 bridgehead atoms. The molecule has 4 rings (SSSR count). The van der Waals surface area contributed by atoms with Crippen molar-refractivity contribution in [3.8, 4) is 11.4 Å². The molecule has 3 aromatic rings. The van der Waals surface area contributed by atoms with Gasteiger partial charge in [-0.2, -0.15) is 13.2 Å². The van der Waals surface area contributed by atoms with Crippen LogP contribution in [0.25, 0.3) is 22.4 Å². The summed E-state index contributed by atoms with van der Waals surface area (Å²) in [6.45, 7) is 1.80. The highest BCUT2D eigenvalue weighted by Gasteiger charge is 2.31. The van der Waals surface area contributed by atoms with Crippen LogP contribution in [0.15, 0.2) is 48.5 Å². The Labute approximate surface area is 143 Å². The van der Waals surface area contributed by atoms with Gasteiger partial charge in [-0.3, -0.25) is 0 Å². The van der Waals surface area contributed by atoms with E-state index < -0.39 is 11.7 Å². The molecule has 0 aliphatic carbocycles. The summed E-state index contributed by atoms with van der Waals surface area (Å²) in [4.78, 5) is 4.57. The Kier molecular flexibility index (Phi) is 4.00. The normalized spacial score (nSPS) is 16.4. The number of benzene rings is 2. The summed E-state index contributed by atoms with van der Waals surface area (Å²) in [5.41, 5.74) is 1.42. The fraction of sp³-hybridized carbons (Fsp3) is 0.316. The molecule has 0 atom stereocenters. The van der Waals surface area contributed by atoms with Gasteiger partial charge in [-0.15, -0.1) is 0 Å². The van der Waals surface area contributed by atoms with Crippen LogP contribution in [0.1, 0.15) is 24.4 Å². The number of rotatable bonds is 2.